The summed E-state index contributed by atoms with van der Waals surface area (Å²) < 4.78 is 1.11. The normalized spacial score (nSPS) is 17.1. The topological polar surface area (TPSA) is 28.2 Å². The number of piperidine rings is 1. The predicted octanol–water partition coefficient (Wildman–Crippen LogP) is 3.19. The number of nitrogens with one attached hydrogen (secondary N) is 1. The van der Waals surface area contributed by atoms with Crippen LogP contribution in [0.1, 0.15) is 12.8 Å². The zero-order valence-corrected chi connectivity index (χ0v) is 12.7. The van der Waals surface area contributed by atoms with Gasteiger partial charge >= 0.3 is 0 Å². The molecule has 0 amide bonds. The quantitative estimate of drug-likeness (QED) is 0.921. The lowest BCUT2D eigenvalue weighted by atomic mass is 10.0. The molecule has 1 fully saturated rings. The van der Waals surface area contributed by atoms with Gasteiger partial charge in [0.1, 0.15) is 0 Å². The van der Waals surface area contributed by atoms with Gasteiger partial charge in [-0.3, -0.25) is 4.98 Å². The fourth-order valence-corrected chi connectivity index (χ4v) is 3.15. The summed E-state index contributed by atoms with van der Waals surface area (Å²) in [6.07, 6.45) is 4.32. The number of rotatable bonds is 2. The zero-order chi connectivity index (χ0) is 13.2. The molecule has 0 bridgehead atoms. The molecule has 0 unspecified atom stereocenters. The molecule has 0 saturated carbocycles. The standard InChI is InChI=1S/C15H18BrN3/c1-17-12-5-8-19(9-6-12)15-4-7-18-14-3-2-11(16)10-13(14)15/h2-4,7,10,12,17H,5-6,8-9H2,1H3. The van der Waals surface area contributed by atoms with E-state index >= 15 is 0 Å². The first kappa shape index (κ1) is 12.9. The molecule has 2 heterocycles. The van der Waals surface area contributed by atoms with Gasteiger partial charge in [0.15, 0.2) is 0 Å². The fourth-order valence-electron chi connectivity index (χ4n) is 2.79. The molecule has 1 saturated heterocycles. The van der Waals surface area contributed by atoms with Gasteiger partial charge in [-0.2, -0.15) is 0 Å². The van der Waals surface area contributed by atoms with Gasteiger partial charge in [0, 0.05) is 40.9 Å². The Labute approximate surface area is 122 Å². The molecule has 1 aromatic heterocycles. The van der Waals surface area contributed by atoms with Crippen LogP contribution in [0.15, 0.2) is 34.9 Å². The molecule has 1 aromatic carbocycles. The lowest BCUT2D eigenvalue weighted by Gasteiger charge is -2.34. The molecular weight excluding hydrogens is 302 g/mol. The summed E-state index contributed by atoms with van der Waals surface area (Å²) in [4.78, 5) is 6.93. The van der Waals surface area contributed by atoms with Crippen LogP contribution in [0.4, 0.5) is 5.69 Å². The van der Waals surface area contributed by atoms with Crippen molar-refractivity contribution in [3.05, 3.63) is 34.9 Å². The minimum atomic E-state index is 0.663. The van der Waals surface area contributed by atoms with Crippen molar-refractivity contribution in [1.82, 2.24) is 10.3 Å². The number of hydrogen-bond acceptors (Lipinski definition) is 3. The van der Waals surface area contributed by atoms with Crippen LogP contribution in [0, 0.1) is 0 Å². The second-order valence-corrected chi connectivity index (χ2v) is 5.96. The fraction of sp³-hybridized carbons (Fsp3) is 0.400. The molecule has 0 atom stereocenters. The smallest absolute Gasteiger partial charge is 0.0723 e. The molecule has 2 aromatic rings. The van der Waals surface area contributed by atoms with Gasteiger partial charge in [0.05, 0.1) is 5.52 Å². The van der Waals surface area contributed by atoms with E-state index in [1.165, 1.54) is 23.9 Å². The molecule has 4 heteroatoms. The highest BCUT2D eigenvalue weighted by Gasteiger charge is 2.19. The summed E-state index contributed by atoms with van der Waals surface area (Å²) in [6, 6.07) is 9.09. The molecule has 1 aliphatic rings. The summed E-state index contributed by atoms with van der Waals surface area (Å²) >= 11 is 3.56. The van der Waals surface area contributed by atoms with Crippen molar-refractivity contribution < 1.29 is 0 Å². The van der Waals surface area contributed by atoms with Crippen molar-refractivity contribution in [3.63, 3.8) is 0 Å². The van der Waals surface area contributed by atoms with Crippen LogP contribution in [0.25, 0.3) is 10.9 Å². The Morgan fingerprint density at radius 1 is 1.26 bits per heavy atom. The van der Waals surface area contributed by atoms with E-state index in [-0.39, 0.29) is 0 Å². The maximum absolute atomic E-state index is 4.45. The molecule has 0 radical (unpaired) electrons. The van der Waals surface area contributed by atoms with Gasteiger partial charge in [0.2, 0.25) is 0 Å². The molecule has 1 N–H and O–H groups in total. The minimum Gasteiger partial charge on any atom is -0.371 e. The summed E-state index contributed by atoms with van der Waals surface area (Å²) in [5, 5.41) is 4.61. The molecule has 100 valence electrons. The lowest BCUT2D eigenvalue weighted by Crippen LogP contribution is -2.41. The van der Waals surface area contributed by atoms with Crippen LogP contribution in [0.5, 0.6) is 0 Å². The van der Waals surface area contributed by atoms with E-state index in [4.69, 9.17) is 0 Å². The van der Waals surface area contributed by atoms with Crippen molar-refractivity contribution in [2.45, 2.75) is 18.9 Å². The number of anilines is 1. The van der Waals surface area contributed by atoms with Crippen LogP contribution in [-0.2, 0) is 0 Å². The van der Waals surface area contributed by atoms with E-state index in [1.54, 1.807) is 0 Å². The largest absolute Gasteiger partial charge is 0.371 e. The molecule has 0 spiro atoms. The van der Waals surface area contributed by atoms with Gasteiger partial charge in [-0.15, -0.1) is 0 Å². The van der Waals surface area contributed by atoms with Crippen LogP contribution < -0.4 is 10.2 Å². The molecule has 0 aliphatic carbocycles. The third-order valence-electron chi connectivity index (χ3n) is 3.92. The van der Waals surface area contributed by atoms with E-state index < -0.39 is 0 Å². The highest BCUT2D eigenvalue weighted by atomic mass is 79.9. The average molecular weight is 320 g/mol. The lowest BCUT2D eigenvalue weighted by molar-refractivity contribution is 0.443. The third kappa shape index (κ3) is 2.60. The Kier molecular flexibility index (Phi) is 3.71. The van der Waals surface area contributed by atoms with Crippen molar-refractivity contribution in [2.24, 2.45) is 0 Å². The Bertz CT molecular complexity index is 577. The Morgan fingerprint density at radius 2 is 2.05 bits per heavy atom. The monoisotopic (exact) mass is 319 g/mol. The van der Waals surface area contributed by atoms with E-state index in [0.717, 1.165) is 23.1 Å². The number of nitrogens with zero attached hydrogens (tertiary/aromatic N) is 2. The summed E-state index contributed by atoms with van der Waals surface area (Å²) in [6.45, 7) is 2.22. The first-order valence-corrected chi connectivity index (χ1v) is 7.54. The maximum Gasteiger partial charge on any atom is 0.0723 e. The van der Waals surface area contributed by atoms with Gasteiger partial charge in [-0.05, 0) is 44.2 Å². The molecule has 19 heavy (non-hydrogen) atoms. The van der Waals surface area contributed by atoms with Crippen molar-refractivity contribution in [3.8, 4) is 0 Å². The van der Waals surface area contributed by atoms with Gasteiger partial charge in [0.25, 0.3) is 0 Å². The Balaban J connectivity index is 1.94. The molecule has 1 aliphatic heterocycles. The van der Waals surface area contributed by atoms with Gasteiger partial charge < -0.3 is 10.2 Å². The van der Waals surface area contributed by atoms with E-state index in [1.807, 2.05) is 12.3 Å². The summed E-state index contributed by atoms with van der Waals surface area (Å²) in [5.41, 5.74) is 2.37. The number of hydrogen-bond donors (Lipinski definition) is 1. The number of aromatic nitrogens is 1. The van der Waals surface area contributed by atoms with Crippen LogP contribution >= 0.6 is 15.9 Å². The molecule has 3 nitrogen and oxygen atoms in total. The SMILES string of the molecule is CNC1CCN(c2ccnc3ccc(Br)cc23)CC1. The van der Waals surface area contributed by atoms with Gasteiger partial charge in [-0.1, -0.05) is 15.9 Å². The minimum absolute atomic E-state index is 0.663. The van der Waals surface area contributed by atoms with E-state index in [0.29, 0.717) is 6.04 Å². The second kappa shape index (κ2) is 5.47. The summed E-state index contributed by atoms with van der Waals surface area (Å²) in [5.74, 6) is 0. The predicted molar refractivity (Wildman–Crippen MR) is 83.7 cm³/mol. The maximum atomic E-state index is 4.45. The Morgan fingerprint density at radius 3 is 2.79 bits per heavy atom. The van der Waals surface area contributed by atoms with E-state index in [2.05, 4.69) is 56.4 Å². The van der Waals surface area contributed by atoms with Crippen LogP contribution in [-0.4, -0.2) is 31.2 Å². The van der Waals surface area contributed by atoms with E-state index in [9.17, 15) is 0 Å². The first-order chi connectivity index (χ1) is 9.28. The highest BCUT2D eigenvalue weighted by Crippen LogP contribution is 2.29. The van der Waals surface area contributed by atoms with Crippen molar-refractivity contribution in [2.75, 3.05) is 25.0 Å². The average Bonchev–Trinajstić information content (AvgIpc) is 2.47. The number of fused-ring (bicyclic) bond motifs is 1. The van der Waals surface area contributed by atoms with Crippen molar-refractivity contribution in [1.29, 1.82) is 0 Å². The molecule has 3 rings (SSSR count). The second-order valence-electron chi connectivity index (χ2n) is 5.04. The molecular formula is C15H18BrN3. The highest BCUT2D eigenvalue weighted by molar-refractivity contribution is 9.10. The van der Waals surface area contributed by atoms with Crippen LogP contribution in [0.2, 0.25) is 0 Å². The Hall–Kier alpha value is -1.13. The first-order valence-electron chi connectivity index (χ1n) is 6.74. The van der Waals surface area contributed by atoms with Crippen molar-refractivity contribution >= 4 is 32.5 Å². The number of halogens is 1. The zero-order valence-electron chi connectivity index (χ0n) is 11.1. The number of pyridine rings is 1. The third-order valence-corrected chi connectivity index (χ3v) is 4.42. The van der Waals surface area contributed by atoms with Crippen LogP contribution in [0.3, 0.4) is 0 Å². The van der Waals surface area contributed by atoms with Gasteiger partial charge in [-0.25, -0.2) is 0 Å². The summed E-state index contributed by atoms with van der Waals surface area (Å²) in [7, 11) is 2.05. The number of benzene rings is 1.